The Labute approximate surface area is 253 Å². The average molecular weight is 585 g/mol. The van der Waals surface area contributed by atoms with Gasteiger partial charge in [-0.3, -0.25) is 14.5 Å². The molecule has 4 rings (SSSR count). The van der Waals surface area contributed by atoms with Crippen molar-refractivity contribution in [2.75, 3.05) is 37.7 Å². The number of anilines is 1. The van der Waals surface area contributed by atoms with Crippen LogP contribution >= 0.6 is 0 Å². The van der Waals surface area contributed by atoms with Gasteiger partial charge in [0, 0.05) is 18.7 Å². The van der Waals surface area contributed by atoms with E-state index in [4.69, 9.17) is 15.2 Å². The molecule has 0 atom stereocenters. The standard InChI is InChI=1S/C34H40N4O5/c1-4-7-22-37-31(24-25-9-15-29(16-10-25)43-30-17-11-26(12-18-30)32(35)39)33(40)38(34(37)41)27-13-19-28(20-14-27)42-23-8-21-36(5-2)6-3/h9-20,24H,4-8,21-23H2,1-3H3,(H2,35,39). The number of unbranched alkanes of at least 4 members (excludes halogenated alkanes) is 1. The minimum absolute atomic E-state index is 0.325. The molecule has 0 saturated carbocycles. The summed E-state index contributed by atoms with van der Waals surface area (Å²) in [5, 5.41) is 0. The number of carbonyl (C=O) groups is 3. The first kappa shape index (κ1) is 31.3. The molecule has 2 N–H and O–H groups in total. The normalized spacial score (nSPS) is 14.2. The third kappa shape index (κ3) is 8.02. The van der Waals surface area contributed by atoms with Crippen LogP contribution in [0.15, 0.2) is 78.5 Å². The van der Waals surface area contributed by atoms with Gasteiger partial charge in [0.05, 0.1) is 12.3 Å². The summed E-state index contributed by atoms with van der Waals surface area (Å²) in [5.74, 6) is 0.974. The maximum Gasteiger partial charge on any atom is 0.336 e. The van der Waals surface area contributed by atoms with E-state index in [1.807, 2.05) is 19.1 Å². The molecule has 1 aliphatic rings. The van der Waals surface area contributed by atoms with Crippen LogP contribution in [0.5, 0.6) is 17.2 Å². The maximum atomic E-state index is 13.6. The van der Waals surface area contributed by atoms with Crippen molar-refractivity contribution in [2.45, 2.75) is 40.0 Å². The number of carbonyl (C=O) groups excluding carboxylic acids is 3. The molecule has 4 amide bonds. The monoisotopic (exact) mass is 584 g/mol. The first-order valence-electron chi connectivity index (χ1n) is 14.8. The summed E-state index contributed by atoms with van der Waals surface area (Å²) in [4.78, 5) is 43.5. The Hall–Kier alpha value is -4.63. The minimum atomic E-state index is -0.502. The number of benzene rings is 3. The third-order valence-electron chi connectivity index (χ3n) is 7.31. The highest BCUT2D eigenvalue weighted by molar-refractivity contribution is 6.28. The van der Waals surface area contributed by atoms with E-state index >= 15 is 0 Å². The number of ether oxygens (including phenoxy) is 2. The summed E-state index contributed by atoms with van der Waals surface area (Å²) in [6.45, 7) is 10.4. The topological polar surface area (TPSA) is 105 Å². The second-order valence-electron chi connectivity index (χ2n) is 10.2. The van der Waals surface area contributed by atoms with Gasteiger partial charge in [-0.1, -0.05) is 39.3 Å². The van der Waals surface area contributed by atoms with Crippen molar-refractivity contribution in [1.82, 2.24) is 9.80 Å². The first-order chi connectivity index (χ1) is 20.8. The Morgan fingerprint density at radius 2 is 1.44 bits per heavy atom. The lowest BCUT2D eigenvalue weighted by Crippen LogP contribution is -2.33. The van der Waals surface area contributed by atoms with Crippen molar-refractivity contribution in [1.29, 1.82) is 0 Å². The molecule has 0 unspecified atom stereocenters. The number of hydrogen-bond donors (Lipinski definition) is 1. The van der Waals surface area contributed by atoms with Crippen LogP contribution in [0.2, 0.25) is 0 Å². The van der Waals surface area contributed by atoms with Crippen LogP contribution in [-0.4, -0.2) is 60.4 Å². The predicted molar refractivity (Wildman–Crippen MR) is 168 cm³/mol. The molecule has 0 radical (unpaired) electrons. The number of amides is 4. The van der Waals surface area contributed by atoms with E-state index in [1.165, 1.54) is 4.90 Å². The number of urea groups is 1. The Morgan fingerprint density at radius 3 is 2.02 bits per heavy atom. The van der Waals surface area contributed by atoms with E-state index in [1.54, 1.807) is 71.6 Å². The molecule has 9 heteroatoms. The number of primary amides is 1. The van der Waals surface area contributed by atoms with Gasteiger partial charge in [-0.25, -0.2) is 9.69 Å². The molecule has 1 saturated heterocycles. The quantitative estimate of drug-likeness (QED) is 0.128. The summed E-state index contributed by atoms with van der Waals surface area (Å²) in [6.07, 6.45) is 4.31. The fraction of sp³-hybridized carbons (Fsp3) is 0.324. The van der Waals surface area contributed by atoms with Crippen molar-refractivity contribution in [2.24, 2.45) is 5.73 Å². The van der Waals surface area contributed by atoms with Crippen LogP contribution in [0.3, 0.4) is 0 Å². The second-order valence-corrected chi connectivity index (χ2v) is 10.2. The molecule has 3 aromatic carbocycles. The van der Waals surface area contributed by atoms with E-state index in [2.05, 4.69) is 18.7 Å². The van der Waals surface area contributed by atoms with E-state index in [-0.39, 0.29) is 11.9 Å². The summed E-state index contributed by atoms with van der Waals surface area (Å²) in [7, 11) is 0. The lowest BCUT2D eigenvalue weighted by atomic mass is 10.1. The Balaban J connectivity index is 1.46. The molecule has 1 fully saturated rings. The van der Waals surface area contributed by atoms with Crippen LogP contribution in [0.1, 0.15) is 56.0 Å². The lowest BCUT2D eigenvalue weighted by Gasteiger charge is -2.18. The summed E-state index contributed by atoms with van der Waals surface area (Å²) in [5.41, 5.74) is 7.28. The SMILES string of the molecule is CCCCN1C(=O)N(c2ccc(OCCCN(CC)CC)cc2)C(=O)C1=Cc1ccc(Oc2ccc(C(N)=O)cc2)cc1. The second kappa shape index (κ2) is 15.0. The Bertz CT molecular complexity index is 1410. The van der Waals surface area contributed by atoms with Gasteiger partial charge in [-0.15, -0.1) is 0 Å². The van der Waals surface area contributed by atoms with Crippen LogP contribution in [0, 0.1) is 0 Å². The van der Waals surface area contributed by atoms with Gasteiger partial charge in [0.25, 0.3) is 5.91 Å². The molecule has 43 heavy (non-hydrogen) atoms. The highest BCUT2D eigenvalue weighted by atomic mass is 16.5. The molecule has 0 aliphatic carbocycles. The number of nitrogens with zero attached hydrogens (tertiary/aromatic N) is 3. The third-order valence-corrected chi connectivity index (χ3v) is 7.31. The average Bonchev–Trinajstić information content (AvgIpc) is 3.25. The van der Waals surface area contributed by atoms with Crippen LogP contribution < -0.4 is 20.1 Å². The number of imide groups is 1. The Morgan fingerprint density at radius 1 is 0.837 bits per heavy atom. The van der Waals surface area contributed by atoms with Crippen LogP contribution in [0.4, 0.5) is 10.5 Å². The zero-order valence-electron chi connectivity index (χ0n) is 25.1. The van der Waals surface area contributed by atoms with E-state index in [9.17, 15) is 14.4 Å². The van der Waals surface area contributed by atoms with Gasteiger partial charge in [0.1, 0.15) is 22.9 Å². The van der Waals surface area contributed by atoms with E-state index in [0.717, 1.165) is 44.5 Å². The molecule has 0 bridgehead atoms. The molecule has 226 valence electrons. The zero-order chi connectivity index (χ0) is 30.8. The summed E-state index contributed by atoms with van der Waals surface area (Å²) < 4.78 is 11.7. The highest BCUT2D eigenvalue weighted by Crippen LogP contribution is 2.31. The zero-order valence-corrected chi connectivity index (χ0v) is 25.1. The van der Waals surface area contributed by atoms with Crippen molar-refractivity contribution in [3.05, 3.63) is 89.6 Å². The van der Waals surface area contributed by atoms with Crippen LogP contribution in [0.25, 0.3) is 6.08 Å². The van der Waals surface area contributed by atoms with E-state index < -0.39 is 5.91 Å². The van der Waals surface area contributed by atoms with Crippen molar-refractivity contribution >= 4 is 29.6 Å². The maximum absolute atomic E-state index is 13.6. The Kier molecular flexibility index (Phi) is 10.9. The van der Waals surface area contributed by atoms with Gasteiger partial charge in [-0.05, 0) is 98.2 Å². The molecule has 1 heterocycles. The smallest absolute Gasteiger partial charge is 0.336 e. The fourth-order valence-corrected chi connectivity index (χ4v) is 4.76. The first-order valence-corrected chi connectivity index (χ1v) is 14.8. The lowest BCUT2D eigenvalue weighted by molar-refractivity contribution is -0.114. The molecule has 0 aromatic heterocycles. The molecule has 3 aromatic rings. The molecular weight excluding hydrogens is 544 g/mol. The fourth-order valence-electron chi connectivity index (χ4n) is 4.76. The van der Waals surface area contributed by atoms with E-state index in [0.29, 0.717) is 47.3 Å². The molecule has 9 nitrogen and oxygen atoms in total. The molecular formula is C34H40N4O5. The number of nitrogens with two attached hydrogens (primary N) is 1. The number of hydrogen-bond acceptors (Lipinski definition) is 6. The van der Waals surface area contributed by atoms with Gasteiger partial charge < -0.3 is 20.1 Å². The van der Waals surface area contributed by atoms with Crippen LogP contribution in [-0.2, 0) is 4.79 Å². The predicted octanol–water partition coefficient (Wildman–Crippen LogP) is 6.30. The summed E-state index contributed by atoms with van der Waals surface area (Å²) >= 11 is 0. The molecule has 1 aliphatic heterocycles. The van der Waals surface area contributed by atoms with Gasteiger partial charge in [-0.2, -0.15) is 0 Å². The number of rotatable bonds is 15. The minimum Gasteiger partial charge on any atom is -0.494 e. The summed E-state index contributed by atoms with van der Waals surface area (Å²) in [6, 6.07) is 20.5. The van der Waals surface area contributed by atoms with Crippen molar-refractivity contribution < 1.29 is 23.9 Å². The highest BCUT2D eigenvalue weighted by Gasteiger charge is 2.41. The van der Waals surface area contributed by atoms with Gasteiger partial charge >= 0.3 is 6.03 Å². The van der Waals surface area contributed by atoms with Crippen molar-refractivity contribution in [3.8, 4) is 17.2 Å². The molecule has 0 spiro atoms. The van der Waals surface area contributed by atoms with Crippen molar-refractivity contribution in [3.63, 3.8) is 0 Å². The van der Waals surface area contributed by atoms with Gasteiger partial charge in [0.15, 0.2) is 0 Å². The largest absolute Gasteiger partial charge is 0.494 e. The van der Waals surface area contributed by atoms with Gasteiger partial charge in [0.2, 0.25) is 5.91 Å².